The number of anilines is 1. The minimum Gasteiger partial charge on any atom is -0.366 e. The molecule has 0 bridgehead atoms. The van der Waals surface area contributed by atoms with Gasteiger partial charge in [0.2, 0.25) is 15.8 Å². The number of hydrogen-bond donors (Lipinski definition) is 2. The van der Waals surface area contributed by atoms with Gasteiger partial charge in [0.25, 0.3) is 5.91 Å². The number of nitrogens with one attached hydrogen (secondary N) is 1. The summed E-state index contributed by atoms with van der Waals surface area (Å²) in [6.07, 6.45) is 1.32. The summed E-state index contributed by atoms with van der Waals surface area (Å²) >= 11 is 5.83. The van der Waals surface area contributed by atoms with Crippen LogP contribution in [0.3, 0.4) is 0 Å². The summed E-state index contributed by atoms with van der Waals surface area (Å²) in [6, 6.07) is 6.88. The summed E-state index contributed by atoms with van der Waals surface area (Å²) in [5.41, 5.74) is 5.75. The third-order valence-corrected chi connectivity index (χ3v) is 5.75. The molecule has 32 heavy (non-hydrogen) atoms. The van der Waals surface area contributed by atoms with Crippen LogP contribution in [0.5, 0.6) is 0 Å². The predicted molar refractivity (Wildman–Crippen MR) is 109 cm³/mol. The molecule has 0 unspecified atom stereocenters. The molecule has 166 valence electrons. The van der Waals surface area contributed by atoms with Gasteiger partial charge in [-0.2, -0.15) is 23.7 Å². The monoisotopic (exact) mass is 481 g/mol. The highest BCUT2D eigenvalue weighted by Gasteiger charge is 2.28. The van der Waals surface area contributed by atoms with Crippen LogP contribution in [-0.4, -0.2) is 39.8 Å². The lowest BCUT2D eigenvalue weighted by Gasteiger charge is -2.15. The van der Waals surface area contributed by atoms with Crippen molar-refractivity contribution in [3.05, 3.63) is 58.5 Å². The first kappa shape index (κ1) is 23.0. The molecule has 2 aromatic heterocycles. The summed E-state index contributed by atoms with van der Waals surface area (Å²) in [4.78, 5) is 20.0. The van der Waals surface area contributed by atoms with E-state index in [1.165, 1.54) is 23.0 Å². The third-order valence-electron chi connectivity index (χ3n) is 4.17. The molecule has 0 aliphatic carbocycles. The number of nitrogens with zero attached hydrogens (tertiary/aromatic N) is 5. The molecule has 0 aliphatic rings. The molecule has 3 rings (SSSR count). The molecule has 1 amide bonds. The van der Waals surface area contributed by atoms with Gasteiger partial charge < -0.3 is 11.1 Å². The lowest BCUT2D eigenvalue weighted by atomic mass is 10.2. The molecule has 0 spiro atoms. The first-order valence-electron chi connectivity index (χ1n) is 8.75. The van der Waals surface area contributed by atoms with Crippen molar-refractivity contribution in [3.8, 4) is 11.9 Å². The van der Waals surface area contributed by atoms with E-state index >= 15 is 0 Å². The van der Waals surface area contributed by atoms with Crippen LogP contribution in [0.1, 0.15) is 34.7 Å². The number of hydrogen-bond acceptors (Lipinski definition) is 8. The van der Waals surface area contributed by atoms with Crippen LogP contribution in [0.25, 0.3) is 5.82 Å². The van der Waals surface area contributed by atoms with Gasteiger partial charge in [0.15, 0.2) is 11.6 Å². The van der Waals surface area contributed by atoms with Gasteiger partial charge in [-0.1, -0.05) is 11.6 Å². The third kappa shape index (κ3) is 4.66. The first-order valence-corrected chi connectivity index (χ1v) is 10.7. The zero-order valence-corrected chi connectivity index (χ0v) is 17.8. The number of nitrogens with two attached hydrogens (primary N) is 1. The average molecular weight is 482 g/mol. The Morgan fingerprint density at radius 1 is 1.31 bits per heavy atom. The normalized spacial score (nSPS) is 12.4. The molecule has 10 nitrogen and oxygen atoms in total. The molecule has 2 heterocycles. The molecule has 0 radical (unpaired) electrons. The summed E-state index contributed by atoms with van der Waals surface area (Å²) in [6.45, 7) is 1.54. The molecule has 3 N–H and O–H groups in total. The van der Waals surface area contributed by atoms with Crippen molar-refractivity contribution in [2.24, 2.45) is 0 Å². The second kappa shape index (κ2) is 8.85. The number of sulfone groups is 1. The number of nitrogen functional groups attached to an aromatic ring is 1. The van der Waals surface area contributed by atoms with E-state index in [9.17, 15) is 22.0 Å². The second-order valence-electron chi connectivity index (χ2n) is 6.43. The number of nitriles is 1. The Morgan fingerprint density at radius 3 is 2.62 bits per heavy atom. The average Bonchev–Trinajstić information content (AvgIpc) is 3.15. The Labute approximate surface area is 185 Å². The Kier molecular flexibility index (Phi) is 6.37. The van der Waals surface area contributed by atoms with Crippen LogP contribution in [-0.2, 0) is 9.84 Å². The van der Waals surface area contributed by atoms with E-state index in [-0.39, 0.29) is 28.2 Å². The maximum Gasteiger partial charge on any atom is 0.341 e. The van der Waals surface area contributed by atoms with E-state index < -0.39 is 32.4 Å². The van der Waals surface area contributed by atoms with Crippen molar-refractivity contribution < 1.29 is 22.0 Å². The van der Waals surface area contributed by atoms with Crippen LogP contribution < -0.4 is 11.1 Å². The molecule has 1 aromatic carbocycles. The number of aromatic nitrogens is 4. The smallest absolute Gasteiger partial charge is 0.341 e. The number of carbonyl (C=O) groups is 1. The number of carbonyl (C=O) groups excluding carboxylic acids is 1. The molecule has 0 fully saturated rings. The number of alkyl halides is 2. The summed E-state index contributed by atoms with van der Waals surface area (Å²) < 4.78 is 50.5. The van der Waals surface area contributed by atoms with Gasteiger partial charge in [-0.15, -0.1) is 5.10 Å². The van der Waals surface area contributed by atoms with Crippen LogP contribution in [0.4, 0.5) is 14.7 Å². The Morgan fingerprint density at radius 2 is 2.03 bits per heavy atom. The maximum atomic E-state index is 12.9. The van der Waals surface area contributed by atoms with E-state index in [1.807, 2.05) is 6.07 Å². The van der Waals surface area contributed by atoms with Gasteiger partial charge in [-0.25, -0.2) is 13.4 Å². The SMILES string of the molecule is C[C@H](NC(=O)c1cc(Cl)cc(S(=O)(=O)C(F)F)c1)c1nc(N)nn1-c1ccc(C#N)cn1. The van der Waals surface area contributed by atoms with E-state index in [0.29, 0.717) is 5.56 Å². The van der Waals surface area contributed by atoms with Gasteiger partial charge >= 0.3 is 5.76 Å². The summed E-state index contributed by atoms with van der Waals surface area (Å²) in [5.74, 6) is -4.13. The first-order chi connectivity index (χ1) is 15.0. The van der Waals surface area contributed by atoms with Crippen molar-refractivity contribution >= 4 is 33.3 Å². The molecule has 0 aliphatic heterocycles. The summed E-state index contributed by atoms with van der Waals surface area (Å²) in [7, 11) is -4.95. The molecule has 1 atom stereocenters. The fraction of sp³-hybridized carbons (Fsp3) is 0.167. The Bertz CT molecular complexity index is 1320. The standard InChI is InChI=1S/C18H14ClF2N7O3S/c1-9(15-26-18(23)27-28(15)14-3-2-10(7-22)8-24-14)25-16(29)11-4-12(19)6-13(5-11)32(30,31)17(20)21/h2-6,8-9,17H,1H3,(H2,23,27)(H,25,29)/t9-/m0/s1. The van der Waals surface area contributed by atoms with Gasteiger partial charge in [0.05, 0.1) is 16.5 Å². The minimum absolute atomic E-state index is 0.111. The Hall–Kier alpha value is -3.63. The topological polar surface area (TPSA) is 157 Å². The largest absolute Gasteiger partial charge is 0.366 e. The quantitative estimate of drug-likeness (QED) is 0.542. The number of benzene rings is 1. The molecular weight excluding hydrogens is 468 g/mol. The van der Waals surface area contributed by atoms with Crippen molar-refractivity contribution in [3.63, 3.8) is 0 Å². The van der Waals surface area contributed by atoms with Crippen LogP contribution in [0.2, 0.25) is 5.02 Å². The van der Waals surface area contributed by atoms with Gasteiger partial charge in [-0.05, 0) is 37.3 Å². The number of halogens is 3. The van der Waals surface area contributed by atoms with E-state index in [2.05, 4.69) is 20.4 Å². The van der Waals surface area contributed by atoms with E-state index in [1.54, 1.807) is 6.92 Å². The molecule has 0 saturated carbocycles. The highest BCUT2D eigenvalue weighted by atomic mass is 35.5. The molecule has 0 saturated heterocycles. The fourth-order valence-electron chi connectivity index (χ4n) is 2.67. The zero-order chi connectivity index (χ0) is 23.6. The van der Waals surface area contributed by atoms with Crippen LogP contribution in [0, 0.1) is 11.3 Å². The maximum absolute atomic E-state index is 12.9. The summed E-state index contributed by atoms with van der Waals surface area (Å²) in [5, 5.41) is 15.3. The lowest BCUT2D eigenvalue weighted by Crippen LogP contribution is -2.29. The molecule has 3 aromatic rings. The molecular formula is C18H14ClF2N7O3S. The van der Waals surface area contributed by atoms with Gasteiger partial charge in [-0.3, -0.25) is 4.79 Å². The molecule has 14 heteroatoms. The highest BCUT2D eigenvalue weighted by Crippen LogP contribution is 2.24. The number of rotatable bonds is 6. The van der Waals surface area contributed by atoms with Crippen molar-refractivity contribution in [2.75, 3.05) is 5.73 Å². The van der Waals surface area contributed by atoms with Crippen molar-refractivity contribution in [1.29, 1.82) is 5.26 Å². The van der Waals surface area contributed by atoms with Crippen molar-refractivity contribution in [1.82, 2.24) is 25.1 Å². The number of amides is 1. The van der Waals surface area contributed by atoms with Crippen molar-refractivity contribution in [2.45, 2.75) is 23.6 Å². The second-order valence-corrected chi connectivity index (χ2v) is 8.79. The minimum atomic E-state index is -4.95. The van der Waals surface area contributed by atoms with E-state index in [4.69, 9.17) is 22.6 Å². The van der Waals surface area contributed by atoms with E-state index in [0.717, 1.165) is 18.2 Å². The highest BCUT2D eigenvalue weighted by molar-refractivity contribution is 7.91. The fourth-order valence-corrected chi connectivity index (χ4v) is 3.76. The van der Waals surface area contributed by atoms with Gasteiger partial charge in [0.1, 0.15) is 6.07 Å². The zero-order valence-electron chi connectivity index (χ0n) is 16.2. The number of pyridine rings is 1. The van der Waals surface area contributed by atoms with Crippen LogP contribution >= 0.6 is 11.6 Å². The Balaban J connectivity index is 1.90. The predicted octanol–water partition coefficient (Wildman–Crippen LogP) is 2.26. The lowest BCUT2D eigenvalue weighted by molar-refractivity contribution is 0.0937. The van der Waals surface area contributed by atoms with Crippen LogP contribution in [0.15, 0.2) is 41.4 Å². The van der Waals surface area contributed by atoms with Gasteiger partial charge in [0, 0.05) is 16.8 Å².